The van der Waals surface area contributed by atoms with Gasteiger partial charge in [0.15, 0.2) is 0 Å². The molecule has 2 aromatic rings. The summed E-state index contributed by atoms with van der Waals surface area (Å²) >= 11 is 0. The average Bonchev–Trinajstić information content (AvgIpc) is 2.27. The second-order valence-corrected chi connectivity index (χ2v) is 3.77. The maximum absolute atomic E-state index is 9.79. The van der Waals surface area contributed by atoms with Crippen LogP contribution >= 0.6 is 0 Å². The zero-order chi connectivity index (χ0) is 10.8. The van der Waals surface area contributed by atoms with E-state index in [0.717, 1.165) is 16.5 Å². The van der Waals surface area contributed by atoms with Crippen molar-refractivity contribution in [1.82, 2.24) is 4.98 Å². The Labute approximate surface area is 88.6 Å². The predicted octanol–water partition coefficient (Wildman–Crippen LogP) is 1.62. The molecule has 0 amide bonds. The molecule has 2 rings (SSSR count). The molecule has 0 saturated heterocycles. The summed E-state index contributed by atoms with van der Waals surface area (Å²) in [4.78, 5) is 4.27. The van der Waals surface area contributed by atoms with Gasteiger partial charge in [0.2, 0.25) is 0 Å². The second kappa shape index (κ2) is 3.96. The van der Waals surface area contributed by atoms with Gasteiger partial charge in [-0.3, -0.25) is 4.98 Å². The third-order valence-corrected chi connectivity index (χ3v) is 2.45. The first-order valence-electron chi connectivity index (χ1n) is 4.97. The van der Waals surface area contributed by atoms with Crippen LogP contribution in [0.3, 0.4) is 0 Å². The van der Waals surface area contributed by atoms with Gasteiger partial charge >= 0.3 is 0 Å². The summed E-state index contributed by atoms with van der Waals surface area (Å²) < 4.78 is 0. The molecule has 0 bridgehead atoms. The lowest BCUT2D eigenvalue weighted by Crippen LogP contribution is -2.24. The number of nitrogens with zero attached hydrogens (tertiary/aromatic N) is 1. The van der Waals surface area contributed by atoms with Crippen LogP contribution in [-0.2, 0) is 0 Å². The smallest absolute Gasteiger partial charge is 0.0953 e. The number of fused-ring (bicyclic) bond motifs is 1. The third kappa shape index (κ3) is 1.98. The summed E-state index contributed by atoms with van der Waals surface area (Å²) in [6, 6.07) is 9.45. The maximum atomic E-state index is 9.79. The minimum absolute atomic E-state index is 0.284. The molecule has 0 aliphatic heterocycles. The van der Waals surface area contributed by atoms with E-state index in [4.69, 9.17) is 5.73 Å². The number of benzene rings is 1. The number of rotatable bonds is 2. The van der Waals surface area contributed by atoms with Crippen molar-refractivity contribution in [3.05, 3.63) is 42.1 Å². The van der Waals surface area contributed by atoms with Gasteiger partial charge in [0, 0.05) is 23.2 Å². The van der Waals surface area contributed by atoms with E-state index in [1.54, 1.807) is 13.1 Å². The van der Waals surface area contributed by atoms with Crippen molar-refractivity contribution in [2.45, 2.75) is 19.1 Å². The second-order valence-electron chi connectivity index (χ2n) is 3.77. The Balaban J connectivity index is 2.47. The van der Waals surface area contributed by atoms with Crippen LogP contribution in [0, 0.1) is 0 Å². The molecule has 3 nitrogen and oxygen atoms in total. The summed E-state index contributed by atoms with van der Waals surface area (Å²) in [7, 11) is 0. The first kappa shape index (κ1) is 10.1. The number of nitrogens with two attached hydrogens (primary N) is 1. The summed E-state index contributed by atoms with van der Waals surface area (Å²) in [5, 5.41) is 10.8. The molecule has 1 aromatic heterocycles. The van der Waals surface area contributed by atoms with E-state index in [1.165, 1.54) is 0 Å². The van der Waals surface area contributed by atoms with Crippen LogP contribution in [0.4, 0.5) is 0 Å². The highest BCUT2D eigenvalue weighted by molar-refractivity contribution is 5.78. The van der Waals surface area contributed by atoms with Gasteiger partial charge in [-0.05, 0) is 19.1 Å². The Bertz CT molecular complexity index is 468. The lowest BCUT2D eigenvalue weighted by Gasteiger charge is -2.14. The zero-order valence-corrected chi connectivity index (χ0v) is 8.59. The summed E-state index contributed by atoms with van der Waals surface area (Å²) in [5.41, 5.74) is 7.33. The third-order valence-electron chi connectivity index (χ3n) is 2.45. The Hall–Kier alpha value is -1.45. The van der Waals surface area contributed by atoms with Crippen LogP contribution in [-0.4, -0.2) is 16.1 Å². The van der Waals surface area contributed by atoms with Crippen molar-refractivity contribution >= 4 is 10.9 Å². The van der Waals surface area contributed by atoms with Crippen LogP contribution < -0.4 is 5.73 Å². The molecule has 0 aliphatic rings. The van der Waals surface area contributed by atoms with Crippen molar-refractivity contribution in [2.75, 3.05) is 0 Å². The molecule has 0 fully saturated rings. The number of aliphatic hydroxyl groups is 1. The number of aliphatic hydroxyl groups excluding tert-OH is 1. The lowest BCUT2D eigenvalue weighted by molar-refractivity contribution is 0.153. The van der Waals surface area contributed by atoms with E-state index in [2.05, 4.69) is 4.98 Å². The van der Waals surface area contributed by atoms with Gasteiger partial charge in [0.05, 0.1) is 11.6 Å². The molecular formula is C12H14N2O. The first-order valence-corrected chi connectivity index (χ1v) is 4.97. The van der Waals surface area contributed by atoms with Crippen molar-refractivity contribution in [3.8, 4) is 0 Å². The lowest BCUT2D eigenvalue weighted by atomic mass is 10.0. The van der Waals surface area contributed by atoms with Crippen LogP contribution in [0.5, 0.6) is 0 Å². The van der Waals surface area contributed by atoms with E-state index in [9.17, 15) is 5.11 Å². The summed E-state index contributed by atoms with van der Waals surface area (Å²) in [6.45, 7) is 1.78. The zero-order valence-electron chi connectivity index (χ0n) is 8.59. The Kier molecular flexibility index (Phi) is 2.66. The molecule has 3 heteroatoms. The van der Waals surface area contributed by atoms with Crippen molar-refractivity contribution in [3.63, 3.8) is 0 Å². The number of pyridine rings is 1. The number of hydrogen-bond acceptors (Lipinski definition) is 3. The van der Waals surface area contributed by atoms with Gasteiger partial charge in [0.25, 0.3) is 0 Å². The van der Waals surface area contributed by atoms with Crippen LogP contribution in [0.25, 0.3) is 10.9 Å². The number of aromatic nitrogens is 1. The van der Waals surface area contributed by atoms with Gasteiger partial charge in [0.1, 0.15) is 0 Å². The normalized spacial score (nSPS) is 15.1. The number of para-hydroxylation sites is 1. The topological polar surface area (TPSA) is 59.1 Å². The van der Waals surface area contributed by atoms with Crippen LogP contribution in [0.15, 0.2) is 36.5 Å². The SMILES string of the molecule is C[C@H](N)[C@H](O)c1cnc2ccccc2c1. The molecule has 0 unspecified atom stereocenters. The van der Waals surface area contributed by atoms with Crippen molar-refractivity contribution in [1.29, 1.82) is 0 Å². The molecule has 0 aliphatic carbocycles. The van der Waals surface area contributed by atoms with Crippen LogP contribution in [0.2, 0.25) is 0 Å². The van der Waals surface area contributed by atoms with Gasteiger partial charge in [-0.15, -0.1) is 0 Å². The standard InChI is InChI=1S/C12H14N2O/c1-8(13)12(15)10-6-9-4-2-3-5-11(9)14-7-10/h2-8,12,15H,13H2,1H3/t8-,12-/m0/s1. The largest absolute Gasteiger partial charge is 0.387 e. The van der Waals surface area contributed by atoms with E-state index < -0.39 is 6.10 Å². The Morgan fingerprint density at radius 3 is 2.80 bits per heavy atom. The molecule has 15 heavy (non-hydrogen) atoms. The molecule has 2 atom stereocenters. The van der Waals surface area contributed by atoms with E-state index in [0.29, 0.717) is 0 Å². The van der Waals surface area contributed by atoms with Crippen molar-refractivity contribution in [2.24, 2.45) is 5.73 Å². The minimum atomic E-state index is -0.651. The molecule has 1 aromatic carbocycles. The highest BCUT2D eigenvalue weighted by Crippen LogP contribution is 2.19. The van der Waals surface area contributed by atoms with Crippen molar-refractivity contribution < 1.29 is 5.11 Å². The van der Waals surface area contributed by atoms with Crippen LogP contribution in [0.1, 0.15) is 18.6 Å². The highest BCUT2D eigenvalue weighted by atomic mass is 16.3. The van der Waals surface area contributed by atoms with E-state index >= 15 is 0 Å². The van der Waals surface area contributed by atoms with E-state index in [1.807, 2.05) is 30.3 Å². The molecular weight excluding hydrogens is 188 g/mol. The molecule has 0 saturated carbocycles. The Morgan fingerprint density at radius 1 is 1.33 bits per heavy atom. The summed E-state index contributed by atoms with van der Waals surface area (Å²) in [6.07, 6.45) is 1.03. The van der Waals surface area contributed by atoms with Gasteiger partial charge in [-0.1, -0.05) is 18.2 Å². The fourth-order valence-electron chi connectivity index (χ4n) is 1.55. The molecule has 78 valence electrons. The monoisotopic (exact) mass is 202 g/mol. The fraction of sp³-hybridized carbons (Fsp3) is 0.250. The van der Waals surface area contributed by atoms with Gasteiger partial charge in [-0.2, -0.15) is 0 Å². The van der Waals surface area contributed by atoms with Gasteiger partial charge in [-0.25, -0.2) is 0 Å². The number of hydrogen-bond donors (Lipinski definition) is 2. The fourth-order valence-corrected chi connectivity index (χ4v) is 1.55. The highest BCUT2D eigenvalue weighted by Gasteiger charge is 2.12. The summed E-state index contributed by atoms with van der Waals surface area (Å²) in [5.74, 6) is 0. The Morgan fingerprint density at radius 2 is 2.07 bits per heavy atom. The quantitative estimate of drug-likeness (QED) is 0.778. The maximum Gasteiger partial charge on any atom is 0.0953 e. The molecule has 3 N–H and O–H groups in total. The van der Waals surface area contributed by atoms with Gasteiger partial charge < -0.3 is 10.8 Å². The predicted molar refractivity (Wildman–Crippen MR) is 60.4 cm³/mol. The molecule has 0 radical (unpaired) electrons. The van der Waals surface area contributed by atoms with E-state index in [-0.39, 0.29) is 6.04 Å². The molecule has 1 heterocycles. The minimum Gasteiger partial charge on any atom is -0.387 e. The average molecular weight is 202 g/mol. The first-order chi connectivity index (χ1) is 7.18. The molecule has 0 spiro atoms.